The lowest BCUT2D eigenvalue weighted by atomic mass is 10.2. The molecule has 0 fully saturated rings. The number of halogens is 3. The molecule has 0 radical (unpaired) electrons. The molecule has 0 bridgehead atoms. The number of fused-ring (bicyclic) bond motifs is 1. The second-order valence-corrected chi connectivity index (χ2v) is 8.83. The molecule has 5 aromatic rings. The first-order valence-electron chi connectivity index (χ1n) is 10.8. The van der Waals surface area contributed by atoms with Crippen molar-refractivity contribution in [2.24, 2.45) is 0 Å². The van der Waals surface area contributed by atoms with Gasteiger partial charge in [0.2, 0.25) is 0 Å². The van der Waals surface area contributed by atoms with E-state index in [-0.39, 0.29) is 5.69 Å². The number of hydrogen-bond acceptors (Lipinski definition) is 4. The number of carbonyl (C=O) groups is 1. The molecule has 2 heterocycles. The maximum Gasteiger partial charge on any atom is 0.256 e. The summed E-state index contributed by atoms with van der Waals surface area (Å²) in [6.45, 7) is 0. The number of hydrogen-bond donors (Lipinski definition) is 2. The van der Waals surface area contributed by atoms with Crippen LogP contribution in [0.15, 0.2) is 88.8 Å². The molecule has 0 saturated carbocycles. The summed E-state index contributed by atoms with van der Waals surface area (Å²) in [7, 11) is 0. The number of H-pyrrole nitrogens is 1. The van der Waals surface area contributed by atoms with Crippen LogP contribution < -0.4 is 5.32 Å². The lowest BCUT2D eigenvalue weighted by Crippen LogP contribution is -2.13. The molecule has 2 N–H and O–H groups in total. The van der Waals surface area contributed by atoms with E-state index in [1.165, 1.54) is 11.8 Å². The Morgan fingerprint density at radius 2 is 1.69 bits per heavy atom. The number of nitrogens with one attached hydrogen (secondary N) is 2. The third-order valence-corrected chi connectivity index (χ3v) is 6.33. The Bertz CT molecular complexity index is 1580. The lowest BCUT2D eigenvalue weighted by Gasteiger charge is -2.11. The van der Waals surface area contributed by atoms with Gasteiger partial charge in [0.05, 0.1) is 22.5 Å². The van der Waals surface area contributed by atoms with Gasteiger partial charge in [-0.3, -0.25) is 14.9 Å². The first-order valence-corrected chi connectivity index (χ1v) is 11.6. The molecule has 0 unspecified atom stereocenters. The smallest absolute Gasteiger partial charge is 0.256 e. The van der Waals surface area contributed by atoms with Gasteiger partial charge in [0.25, 0.3) is 5.91 Å². The van der Waals surface area contributed by atoms with Gasteiger partial charge >= 0.3 is 0 Å². The van der Waals surface area contributed by atoms with Gasteiger partial charge in [0, 0.05) is 39.2 Å². The molecular weight excluding hydrogens is 485 g/mol. The van der Waals surface area contributed by atoms with Crippen molar-refractivity contribution in [3.8, 4) is 0 Å². The highest BCUT2D eigenvalue weighted by atomic mass is 32.2. The molecule has 3 aromatic carbocycles. The minimum atomic E-state index is -1.59. The molecule has 2 aromatic heterocycles. The van der Waals surface area contributed by atoms with Gasteiger partial charge in [-0.1, -0.05) is 30.0 Å². The Morgan fingerprint density at radius 1 is 0.917 bits per heavy atom. The Labute approximate surface area is 208 Å². The first-order chi connectivity index (χ1) is 17.5. The Morgan fingerprint density at radius 3 is 2.47 bits per heavy atom. The summed E-state index contributed by atoms with van der Waals surface area (Å²) in [5.74, 6) is -4.92. The molecule has 0 saturated heterocycles. The van der Waals surface area contributed by atoms with Gasteiger partial charge in [-0.25, -0.2) is 13.2 Å². The lowest BCUT2D eigenvalue weighted by molar-refractivity contribution is 0.102. The molecule has 0 aliphatic heterocycles. The fraction of sp³-hybridized carbons (Fsp3) is 0. The van der Waals surface area contributed by atoms with Crippen molar-refractivity contribution in [3.63, 3.8) is 0 Å². The van der Waals surface area contributed by atoms with Crippen molar-refractivity contribution in [2.75, 3.05) is 5.32 Å². The van der Waals surface area contributed by atoms with E-state index in [0.29, 0.717) is 10.5 Å². The van der Waals surface area contributed by atoms with Crippen molar-refractivity contribution in [2.45, 2.75) is 9.79 Å². The van der Waals surface area contributed by atoms with Crippen LogP contribution in [0.3, 0.4) is 0 Å². The highest BCUT2D eigenvalue weighted by Gasteiger charge is 2.16. The standard InChI is InChI=1S/C27H17F3N4OS/c28-21-13-17(14-22(29)26(21)30)32-27(35)20-6-1-2-7-25(20)36-18-9-10-19-23(33-34-24(19)15-18)11-8-16-5-3-4-12-31-16/h1-15H,(H,32,35)(H,33,34)/b11-8+. The van der Waals surface area contributed by atoms with E-state index >= 15 is 0 Å². The van der Waals surface area contributed by atoms with Gasteiger partial charge in [0.1, 0.15) is 0 Å². The monoisotopic (exact) mass is 502 g/mol. The Kier molecular flexibility index (Phi) is 6.55. The van der Waals surface area contributed by atoms with Crippen LogP contribution in [0.25, 0.3) is 23.1 Å². The van der Waals surface area contributed by atoms with Crippen LogP contribution in [-0.2, 0) is 0 Å². The summed E-state index contributed by atoms with van der Waals surface area (Å²) in [4.78, 5) is 18.6. The van der Waals surface area contributed by atoms with Crippen LogP contribution in [0.2, 0.25) is 0 Å². The van der Waals surface area contributed by atoms with E-state index in [0.717, 1.165) is 39.3 Å². The van der Waals surface area contributed by atoms with Crippen LogP contribution in [0.1, 0.15) is 21.7 Å². The largest absolute Gasteiger partial charge is 0.322 e. The van der Waals surface area contributed by atoms with E-state index in [1.54, 1.807) is 30.5 Å². The van der Waals surface area contributed by atoms with Crippen molar-refractivity contribution < 1.29 is 18.0 Å². The number of aromatic nitrogens is 3. The van der Waals surface area contributed by atoms with Crippen LogP contribution in [0, 0.1) is 17.5 Å². The van der Waals surface area contributed by atoms with E-state index in [1.807, 2.05) is 48.6 Å². The van der Waals surface area contributed by atoms with Gasteiger partial charge in [-0.05, 0) is 54.6 Å². The highest BCUT2D eigenvalue weighted by molar-refractivity contribution is 7.99. The van der Waals surface area contributed by atoms with Gasteiger partial charge < -0.3 is 5.32 Å². The second kappa shape index (κ2) is 10.1. The number of rotatable bonds is 6. The molecule has 178 valence electrons. The third kappa shape index (κ3) is 5.01. The zero-order valence-electron chi connectivity index (χ0n) is 18.5. The number of anilines is 1. The zero-order valence-corrected chi connectivity index (χ0v) is 19.3. The van der Waals surface area contributed by atoms with Crippen molar-refractivity contribution >= 4 is 46.4 Å². The molecule has 36 heavy (non-hydrogen) atoms. The van der Waals surface area contributed by atoms with Crippen LogP contribution in [-0.4, -0.2) is 21.1 Å². The molecule has 0 aliphatic carbocycles. The molecule has 0 atom stereocenters. The van der Waals surface area contributed by atoms with Crippen LogP contribution >= 0.6 is 11.8 Å². The maximum atomic E-state index is 13.5. The van der Waals surface area contributed by atoms with Gasteiger partial charge in [-0.2, -0.15) is 5.10 Å². The quantitative estimate of drug-likeness (QED) is 0.247. The maximum absolute atomic E-state index is 13.5. The predicted molar refractivity (Wildman–Crippen MR) is 134 cm³/mol. The molecular formula is C27H17F3N4OS. The number of benzene rings is 3. The second-order valence-electron chi connectivity index (χ2n) is 7.71. The zero-order chi connectivity index (χ0) is 25.1. The van der Waals surface area contributed by atoms with Crippen molar-refractivity contribution in [1.29, 1.82) is 0 Å². The number of aromatic amines is 1. The Hall–Kier alpha value is -4.37. The fourth-order valence-electron chi connectivity index (χ4n) is 3.55. The summed E-state index contributed by atoms with van der Waals surface area (Å²) < 4.78 is 40.3. The number of amides is 1. The topological polar surface area (TPSA) is 70.7 Å². The van der Waals surface area contributed by atoms with E-state index in [2.05, 4.69) is 20.5 Å². The first kappa shape index (κ1) is 23.4. The minimum absolute atomic E-state index is 0.179. The summed E-state index contributed by atoms with van der Waals surface area (Å²) in [5, 5.41) is 10.7. The van der Waals surface area contributed by atoms with Crippen LogP contribution in [0.4, 0.5) is 18.9 Å². The normalized spacial score (nSPS) is 11.3. The predicted octanol–water partition coefficient (Wildman–Crippen LogP) is 6.95. The summed E-state index contributed by atoms with van der Waals surface area (Å²) >= 11 is 1.35. The third-order valence-electron chi connectivity index (χ3n) is 5.26. The van der Waals surface area contributed by atoms with Crippen LogP contribution in [0.5, 0.6) is 0 Å². The molecule has 9 heteroatoms. The van der Waals surface area contributed by atoms with E-state index in [9.17, 15) is 18.0 Å². The average Bonchev–Trinajstić information content (AvgIpc) is 3.29. The number of carbonyl (C=O) groups excluding carboxylic acids is 1. The molecule has 0 spiro atoms. The number of nitrogens with zero attached hydrogens (tertiary/aromatic N) is 2. The van der Waals surface area contributed by atoms with Gasteiger partial charge in [0.15, 0.2) is 17.5 Å². The average molecular weight is 503 g/mol. The summed E-state index contributed by atoms with van der Waals surface area (Å²) in [6.07, 6.45) is 5.49. The number of pyridine rings is 1. The van der Waals surface area contributed by atoms with E-state index < -0.39 is 23.4 Å². The molecule has 1 amide bonds. The van der Waals surface area contributed by atoms with E-state index in [4.69, 9.17) is 0 Å². The Balaban J connectivity index is 1.36. The highest BCUT2D eigenvalue weighted by Crippen LogP contribution is 2.33. The molecule has 5 rings (SSSR count). The summed E-state index contributed by atoms with van der Waals surface area (Å²) in [5.41, 5.74) is 2.53. The molecule has 5 nitrogen and oxygen atoms in total. The van der Waals surface area contributed by atoms with Crippen molar-refractivity contribution in [1.82, 2.24) is 15.2 Å². The minimum Gasteiger partial charge on any atom is -0.322 e. The SMILES string of the molecule is O=C(Nc1cc(F)c(F)c(F)c1)c1ccccc1Sc1ccc2c(/C=C/c3ccccn3)n[nH]c2c1. The van der Waals surface area contributed by atoms with Gasteiger partial charge in [-0.15, -0.1) is 0 Å². The van der Waals surface area contributed by atoms with Crippen molar-refractivity contribution in [3.05, 3.63) is 113 Å². The fourth-order valence-corrected chi connectivity index (χ4v) is 4.53. The summed E-state index contributed by atoms with van der Waals surface area (Å²) in [6, 6.07) is 19.7. The molecule has 0 aliphatic rings.